The van der Waals surface area contributed by atoms with Gasteiger partial charge in [-0.1, -0.05) is 218 Å². The molecule has 76 heavy (non-hydrogen) atoms. The maximum atomic E-state index is 11.5. The van der Waals surface area contributed by atoms with E-state index >= 15 is 0 Å². The molecule has 4 heteroatoms. The maximum absolute atomic E-state index is 11.5. The predicted molar refractivity (Wildman–Crippen MR) is 316 cm³/mol. The van der Waals surface area contributed by atoms with Crippen molar-refractivity contribution in [2.75, 3.05) is 0 Å². The number of pyridine rings is 1. The molecule has 0 fully saturated rings. The van der Waals surface area contributed by atoms with Crippen LogP contribution in [-0.2, 0) is 0 Å². The summed E-state index contributed by atoms with van der Waals surface area (Å²) in [6, 6.07) is 102. The van der Waals surface area contributed by atoms with Crippen molar-refractivity contribution in [3.63, 3.8) is 0 Å². The Morgan fingerprint density at radius 1 is 0.263 bits per heavy atom. The Labute approximate surface area is 440 Å². The Kier molecular flexibility index (Phi) is 10.9. The molecule has 0 aliphatic rings. The normalized spacial score (nSPS) is 11.4. The second-order valence-corrected chi connectivity index (χ2v) is 19.3. The van der Waals surface area contributed by atoms with E-state index in [4.69, 9.17) is 4.98 Å². The van der Waals surface area contributed by atoms with E-state index < -0.39 is 0 Å². The smallest absolute Gasteiger partial charge is 0.0998 e. The Balaban J connectivity index is 1.06. The topological polar surface area (TPSA) is 46.5 Å². The van der Waals surface area contributed by atoms with Crippen molar-refractivity contribution in [2.24, 2.45) is 0 Å². The lowest BCUT2D eigenvalue weighted by Crippen LogP contribution is -2.05. The summed E-state index contributed by atoms with van der Waals surface area (Å²) in [6.07, 6.45) is 0. The zero-order valence-electron chi connectivity index (χ0n) is 41.3. The van der Waals surface area contributed by atoms with Gasteiger partial charge in [-0.25, -0.2) is 4.98 Å². The van der Waals surface area contributed by atoms with Gasteiger partial charge in [-0.3, -0.25) is 0 Å². The third-order valence-electron chi connectivity index (χ3n) is 15.0. The number of para-hydroxylation sites is 2. The minimum atomic E-state index is 0.558. The van der Waals surface area contributed by atoms with E-state index in [0.29, 0.717) is 5.56 Å². The molecule has 0 bridgehead atoms. The highest BCUT2D eigenvalue weighted by molar-refractivity contribution is 6.13. The lowest BCUT2D eigenvalue weighted by Gasteiger charge is -2.20. The molecular formula is C72H46N4. The van der Waals surface area contributed by atoms with Gasteiger partial charge in [-0.15, -0.1) is 0 Å². The first kappa shape index (κ1) is 44.4. The molecule has 0 unspecified atom stereocenters. The van der Waals surface area contributed by atoms with Crippen LogP contribution < -0.4 is 0 Å². The first-order valence-electron chi connectivity index (χ1n) is 25.8. The Morgan fingerprint density at radius 3 is 1.05 bits per heavy atom. The second kappa shape index (κ2) is 18.6. The Hall–Kier alpha value is -10.3. The summed E-state index contributed by atoms with van der Waals surface area (Å²) in [4.78, 5) is 5.25. The third-order valence-corrected chi connectivity index (χ3v) is 15.0. The first-order valence-corrected chi connectivity index (χ1v) is 25.8. The monoisotopic (exact) mass is 966 g/mol. The van der Waals surface area contributed by atoms with Crippen molar-refractivity contribution in [3.8, 4) is 95.6 Å². The maximum Gasteiger partial charge on any atom is 0.0998 e. The highest BCUT2D eigenvalue weighted by atomic mass is 15.1. The van der Waals surface area contributed by atoms with Crippen LogP contribution in [0.4, 0.5) is 0 Å². The standard InChI is InChI=1S/C72H46N4/c73-47-55-45-71(75-67-35-19-17-33-60(67)63-41-52(37-39-69(63)75)58-31-15-13-29-56(58)48-21-5-1-6-22-48)72(46-62(55)54-43-65(50-25-9-3-10-26-50)74-66(44-54)51-27-11-4-12-28-51)76-68-36-20-18-34-61(68)64-42-53(38-40-70(64)76)59-32-16-14-30-57(59)49-23-7-2-8-24-49/h1-46H. The van der Waals surface area contributed by atoms with Gasteiger partial charge < -0.3 is 9.13 Å². The molecule has 0 aliphatic carbocycles. The minimum Gasteiger partial charge on any atom is -0.307 e. The number of nitriles is 1. The van der Waals surface area contributed by atoms with Gasteiger partial charge in [0.1, 0.15) is 0 Å². The molecule has 0 saturated heterocycles. The summed E-state index contributed by atoms with van der Waals surface area (Å²) in [6.45, 7) is 0. The number of hydrogen-bond donors (Lipinski definition) is 0. The predicted octanol–water partition coefficient (Wildman–Crippen LogP) is 18.8. The van der Waals surface area contributed by atoms with Crippen molar-refractivity contribution >= 4 is 43.6 Å². The van der Waals surface area contributed by atoms with Gasteiger partial charge in [0, 0.05) is 38.2 Å². The molecule has 0 amide bonds. The molecule has 0 N–H and O–H groups in total. The van der Waals surface area contributed by atoms with E-state index in [9.17, 15) is 5.26 Å². The molecule has 0 spiro atoms. The van der Waals surface area contributed by atoms with Crippen molar-refractivity contribution in [1.29, 1.82) is 5.26 Å². The summed E-state index contributed by atoms with van der Waals surface area (Å²) in [7, 11) is 0. The fourth-order valence-corrected chi connectivity index (χ4v) is 11.5. The summed E-state index contributed by atoms with van der Waals surface area (Å²) in [5.41, 5.74) is 21.3. The van der Waals surface area contributed by atoms with E-state index in [0.717, 1.165) is 99.8 Å². The minimum absolute atomic E-state index is 0.558. The molecule has 3 heterocycles. The second-order valence-electron chi connectivity index (χ2n) is 19.3. The van der Waals surface area contributed by atoms with Crippen LogP contribution in [0.3, 0.4) is 0 Å². The van der Waals surface area contributed by atoms with E-state index in [2.05, 4.69) is 258 Å². The molecule has 0 radical (unpaired) electrons. The summed E-state index contributed by atoms with van der Waals surface area (Å²) < 4.78 is 4.79. The Morgan fingerprint density at radius 2 is 0.618 bits per heavy atom. The SMILES string of the molecule is N#Cc1cc(-n2c3ccccc3c3cc(-c4ccccc4-c4ccccc4)ccc32)c(-n2c3ccccc3c3cc(-c4ccccc4-c4ccccc4)ccc32)cc1-c1cc(-c2ccccc2)nc(-c2ccccc2)c1. The first-order chi connectivity index (χ1) is 37.7. The third kappa shape index (κ3) is 7.57. The highest BCUT2D eigenvalue weighted by Crippen LogP contribution is 2.45. The number of fused-ring (bicyclic) bond motifs is 6. The van der Waals surface area contributed by atoms with Crippen LogP contribution in [0.1, 0.15) is 5.56 Å². The molecule has 354 valence electrons. The fourth-order valence-electron chi connectivity index (χ4n) is 11.5. The average Bonchev–Trinajstić information content (AvgIpc) is 4.04. The zero-order valence-corrected chi connectivity index (χ0v) is 41.3. The van der Waals surface area contributed by atoms with Crippen LogP contribution in [-0.4, -0.2) is 14.1 Å². The lowest BCUT2D eigenvalue weighted by atomic mass is 9.93. The summed E-state index contributed by atoms with van der Waals surface area (Å²) in [5.74, 6) is 0. The van der Waals surface area contributed by atoms with E-state index in [1.807, 2.05) is 36.4 Å². The van der Waals surface area contributed by atoms with Crippen LogP contribution >= 0.6 is 0 Å². The van der Waals surface area contributed by atoms with Crippen molar-refractivity contribution in [3.05, 3.63) is 285 Å². The van der Waals surface area contributed by atoms with Gasteiger partial charge in [-0.05, 0) is 111 Å². The van der Waals surface area contributed by atoms with Gasteiger partial charge in [0.05, 0.1) is 56.5 Å². The van der Waals surface area contributed by atoms with Crippen LogP contribution in [0.25, 0.3) is 133 Å². The van der Waals surface area contributed by atoms with E-state index in [1.165, 1.54) is 33.4 Å². The molecule has 4 nitrogen and oxygen atoms in total. The number of benzene rings is 11. The van der Waals surface area contributed by atoms with Crippen molar-refractivity contribution in [2.45, 2.75) is 0 Å². The molecule has 11 aromatic carbocycles. The van der Waals surface area contributed by atoms with E-state index in [1.54, 1.807) is 0 Å². The number of rotatable bonds is 9. The van der Waals surface area contributed by atoms with Crippen molar-refractivity contribution in [1.82, 2.24) is 14.1 Å². The summed E-state index contributed by atoms with van der Waals surface area (Å²) >= 11 is 0. The van der Waals surface area contributed by atoms with Crippen LogP contribution in [0.15, 0.2) is 279 Å². The molecule has 14 rings (SSSR count). The molecule has 14 aromatic rings. The average molecular weight is 967 g/mol. The number of hydrogen-bond acceptors (Lipinski definition) is 2. The van der Waals surface area contributed by atoms with Gasteiger partial charge in [0.15, 0.2) is 0 Å². The van der Waals surface area contributed by atoms with Gasteiger partial charge in [0.25, 0.3) is 0 Å². The molecule has 0 atom stereocenters. The van der Waals surface area contributed by atoms with Crippen molar-refractivity contribution < 1.29 is 0 Å². The van der Waals surface area contributed by atoms with Crippen LogP contribution in [0.2, 0.25) is 0 Å². The number of aromatic nitrogens is 3. The van der Waals surface area contributed by atoms with Gasteiger partial charge in [-0.2, -0.15) is 5.26 Å². The van der Waals surface area contributed by atoms with Gasteiger partial charge >= 0.3 is 0 Å². The molecule has 0 saturated carbocycles. The molecule has 3 aromatic heterocycles. The van der Waals surface area contributed by atoms with E-state index in [-0.39, 0.29) is 0 Å². The largest absolute Gasteiger partial charge is 0.307 e. The highest BCUT2D eigenvalue weighted by Gasteiger charge is 2.24. The van der Waals surface area contributed by atoms with Gasteiger partial charge in [0.2, 0.25) is 0 Å². The summed E-state index contributed by atoms with van der Waals surface area (Å²) in [5, 5.41) is 16.0. The zero-order chi connectivity index (χ0) is 50.5. The fraction of sp³-hybridized carbons (Fsp3) is 0. The Bertz CT molecular complexity index is 4510. The lowest BCUT2D eigenvalue weighted by molar-refractivity contribution is 1.09. The van der Waals surface area contributed by atoms with Crippen LogP contribution in [0, 0.1) is 11.3 Å². The molecule has 0 aliphatic heterocycles. The molecular weight excluding hydrogens is 921 g/mol. The number of nitrogens with zero attached hydrogens (tertiary/aromatic N) is 4. The van der Waals surface area contributed by atoms with Crippen LogP contribution in [0.5, 0.6) is 0 Å². The quantitative estimate of drug-likeness (QED) is 0.145.